The summed E-state index contributed by atoms with van der Waals surface area (Å²) in [6.45, 7) is 5.01. The second-order valence-electron chi connectivity index (χ2n) is 4.92. The summed E-state index contributed by atoms with van der Waals surface area (Å²) in [5.74, 6) is 0.338. The monoisotopic (exact) mass is 300 g/mol. The molecule has 1 heterocycles. The predicted octanol–water partition coefficient (Wildman–Crippen LogP) is 2.21. The van der Waals surface area contributed by atoms with Crippen LogP contribution in [0.15, 0.2) is 30.3 Å². The maximum atomic E-state index is 11.8. The first-order valence-corrected chi connectivity index (χ1v) is 7.06. The number of hydrogen-bond acceptors (Lipinski definition) is 5. The molecule has 0 unspecified atom stereocenters. The molecule has 22 heavy (non-hydrogen) atoms. The van der Waals surface area contributed by atoms with Crippen molar-refractivity contribution in [3.8, 4) is 0 Å². The van der Waals surface area contributed by atoms with Gasteiger partial charge < -0.3 is 15.4 Å². The van der Waals surface area contributed by atoms with Gasteiger partial charge in [0.1, 0.15) is 0 Å². The molecular weight excluding hydrogens is 280 g/mol. The maximum Gasteiger partial charge on any atom is 0.271 e. The zero-order valence-electron chi connectivity index (χ0n) is 13.0. The van der Waals surface area contributed by atoms with Crippen molar-refractivity contribution in [1.82, 2.24) is 15.5 Å². The van der Waals surface area contributed by atoms with Crippen molar-refractivity contribution in [3.05, 3.63) is 47.2 Å². The highest BCUT2D eigenvalue weighted by molar-refractivity contribution is 5.92. The molecule has 0 radical (unpaired) electrons. The van der Waals surface area contributed by atoms with Gasteiger partial charge in [0.05, 0.1) is 6.61 Å². The summed E-state index contributed by atoms with van der Waals surface area (Å²) in [7, 11) is 1.58. The Kier molecular flexibility index (Phi) is 5.43. The highest BCUT2D eigenvalue weighted by Gasteiger charge is 2.08. The Labute approximate surface area is 129 Å². The van der Waals surface area contributed by atoms with Crippen LogP contribution in [0.2, 0.25) is 0 Å². The Morgan fingerprint density at radius 1 is 1.18 bits per heavy atom. The molecule has 0 atom stereocenters. The van der Waals surface area contributed by atoms with Crippen LogP contribution in [-0.2, 0) is 4.74 Å². The van der Waals surface area contributed by atoms with Crippen LogP contribution < -0.4 is 10.6 Å². The van der Waals surface area contributed by atoms with Crippen molar-refractivity contribution in [1.29, 1.82) is 0 Å². The number of nitrogens with one attached hydrogen (secondary N) is 2. The van der Waals surface area contributed by atoms with E-state index in [0.717, 1.165) is 11.3 Å². The molecule has 0 saturated heterocycles. The van der Waals surface area contributed by atoms with Gasteiger partial charge in [-0.3, -0.25) is 4.79 Å². The van der Waals surface area contributed by atoms with Crippen LogP contribution in [0.1, 0.15) is 21.6 Å². The lowest BCUT2D eigenvalue weighted by Crippen LogP contribution is -2.27. The van der Waals surface area contributed by atoms with E-state index in [1.807, 2.05) is 19.1 Å². The Balaban J connectivity index is 2.03. The van der Waals surface area contributed by atoms with Gasteiger partial charge in [-0.15, -0.1) is 10.2 Å². The number of anilines is 2. The highest BCUT2D eigenvalue weighted by Crippen LogP contribution is 2.21. The number of aromatic nitrogens is 2. The molecule has 6 nitrogen and oxygen atoms in total. The number of aryl methyl sites for hydroxylation is 1. The van der Waals surface area contributed by atoms with Crippen molar-refractivity contribution in [2.24, 2.45) is 0 Å². The Morgan fingerprint density at radius 2 is 2.00 bits per heavy atom. The van der Waals surface area contributed by atoms with Crippen molar-refractivity contribution >= 4 is 17.4 Å². The van der Waals surface area contributed by atoms with Crippen molar-refractivity contribution in [2.45, 2.75) is 13.8 Å². The minimum Gasteiger partial charge on any atom is -0.383 e. The van der Waals surface area contributed by atoms with Gasteiger partial charge in [-0.25, -0.2) is 0 Å². The van der Waals surface area contributed by atoms with Gasteiger partial charge >= 0.3 is 0 Å². The fourth-order valence-electron chi connectivity index (χ4n) is 1.90. The standard InChI is InChI=1S/C16H20N4O2/c1-11-5-4-6-13(12(11)2)18-15-8-7-14(19-20-15)16(21)17-9-10-22-3/h4-8H,9-10H2,1-3H3,(H,17,21)(H,18,20). The average molecular weight is 300 g/mol. The van der Waals surface area contributed by atoms with E-state index in [1.165, 1.54) is 5.56 Å². The van der Waals surface area contributed by atoms with Crippen LogP contribution in [0, 0.1) is 13.8 Å². The minimum atomic E-state index is -0.261. The summed E-state index contributed by atoms with van der Waals surface area (Å²) in [4.78, 5) is 11.8. The van der Waals surface area contributed by atoms with Gasteiger partial charge in [0.2, 0.25) is 0 Å². The van der Waals surface area contributed by atoms with Crippen LogP contribution in [0.5, 0.6) is 0 Å². The van der Waals surface area contributed by atoms with E-state index >= 15 is 0 Å². The van der Waals surface area contributed by atoms with Crippen LogP contribution >= 0.6 is 0 Å². The van der Waals surface area contributed by atoms with Gasteiger partial charge in [0, 0.05) is 19.3 Å². The minimum absolute atomic E-state index is 0.261. The van der Waals surface area contributed by atoms with E-state index in [2.05, 4.69) is 33.8 Å². The van der Waals surface area contributed by atoms with E-state index in [-0.39, 0.29) is 11.6 Å². The van der Waals surface area contributed by atoms with Gasteiger partial charge in [0.25, 0.3) is 5.91 Å². The highest BCUT2D eigenvalue weighted by atomic mass is 16.5. The van der Waals surface area contributed by atoms with Crippen LogP contribution in [0.4, 0.5) is 11.5 Å². The molecule has 0 fully saturated rings. The number of amides is 1. The normalized spacial score (nSPS) is 10.3. The van der Waals surface area contributed by atoms with Crippen LogP contribution in [0.3, 0.4) is 0 Å². The van der Waals surface area contributed by atoms with Crippen molar-refractivity contribution in [2.75, 3.05) is 25.6 Å². The summed E-state index contributed by atoms with van der Waals surface area (Å²) in [6, 6.07) is 9.40. The number of carbonyl (C=O) groups excluding carboxylic acids is 1. The molecule has 116 valence electrons. The molecule has 0 saturated carbocycles. The third-order valence-corrected chi connectivity index (χ3v) is 3.36. The lowest BCUT2D eigenvalue weighted by molar-refractivity contribution is 0.0931. The SMILES string of the molecule is COCCNC(=O)c1ccc(Nc2cccc(C)c2C)nn1. The molecule has 0 aliphatic heterocycles. The number of carbonyl (C=O) groups is 1. The number of benzene rings is 1. The summed E-state index contributed by atoms with van der Waals surface area (Å²) < 4.78 is 4.87. The quantitative estimate of drug-likeness (QED) is 0.800. The number of rotatable bonds is 6. The molecular formula is C16H20N4O2. The van der Waals surface area contributed by atoms with Gasteiger partial charge in [-0.1, -0.05) is 12.1 Å². The lowest BCUT2D eigenvalue weighted by Gasteiger charge is -2.10. The summed E-state index contributed by atoms with van der Waals surface area (Å²) in [6.07, 6.45) is 0. The van der Waals surface area contributed by atoms with E-state index in [4.69, 9.17) is 4.74 Å². The Bertz CT molecular complexity index is 641. The molecule has 0 bridgehead atoms. The first kappa shape index (κ1) is 15.9. The second-order valence-corrected chi connectivity index (χ2v) is 4.92. The zero-order chi connectivity index (χ0) is 15.9. The van der Waals surface area contributed by atoms with E-state index in [1.54, 1.807) is 19.2 Å². The number of ether oxygens (including phenoxy) is 1. The summed E-state index contributed by atoms with van der Waals surface area (Å²) >= 11 is 0. The molecule has 2 rings (SSSR count). The Morgan fingerprint density at radius 3 is 2.68 bits per heavy atom. The molecule has 6 heteroatoms. The smallest absolute Gasteiger partial charge is 0.271 e. The zero-order valence-corrected chi connectivity index (χ0v) is 13.0. The van der Waals surface area contributed by atoms with Crippen LogP contribution in [0.25, 0.3) is 0 Å². The second kappa shape index (κ2) is 7.51. The number of nitrogens with zero attached hydrogens (tertiary/aromatic N) is 2. The molecule has 1 amide bonds. The summed E-state index contributed by atoms with van der Waals surface area (Å²) in [5, 5.41) is 13.9. The van der Waals surface area contributed by atoms with Gasteiger partial charge in [0.15, 0.2) is 11.5 Å². The fraction of sp³-hybridized carbons (Fsp3) is 0.312. The first-order chi connectivity index (χ1) is 10.6. The van der Waals surface area contributed by atoms with Gasteiger partial charge in [-0.2, -0.15) is 0 Å². The molecule has 1 aromatic heterocycles. The average Bonchev–Trinajstić information content (AvgIpc) is 2.53. The van der Waals surface area contributed by atoms with E-state index in [0.29, 0.717) is 19.0 Å². The molecule has 0 aliphatic carbocycles. The molecule has 2 N–H and O–H groups in total. The molecule has 0 aliphatic rings. The summed E-state index contributed by atoms with van der Waals surface area (Å²) in [5.41, 5.74) is 3.62. The number of hydrogen-bond donors (Lipinski definition) is 2. The fourth-order valence-corrected chi connectivity index (χ4v) is 1.90. The van der Waals surface area contributed by atoms with Crippen LogP contribution in [-0.4, -0.2) is 36.4 Å². The van der Waals surface area contributed by atoms with Gasteiger partial charge in [-0.05, 0) is 43.2 Å². The molecule has 0 spiro atoms. The first-order valence-electron chi connectivity index (χ1n) is 7.06. The molecule has 1 aromatic carbocycles. The predicted molar refractivity (Wildman–Crippen MR) is 85.4 cm³/mol. The van der Waals surface area contributed by atoms with E-state index < -0.39 is 0 Å². The molecule has 2 aromatic rings. The largest absolute Gasteiger partial charge is 0.383 e. The third kappa shape index (κ3) is 4.02. The lowest BCUT2D eigenvalue weighted by atomic mass is 10.1. The van der Waals surface area contributed by atoms with Crippen molar-refractivity contribution in [3.63, 3.8) is 0 Å². The Hall–Kier alpha value is -2.47. The third-order valence-electron chi connectivity index (χ3n) is 3.36. The number of methoxy groups -OCH3 is 1. The topological polar surface area (TPSA) is 76.1 Å². The maximum absolute atomic E-state index is 11.8. The van der Waals surface area contributed by atoms with Crippen molar-refractivity contribution < 1.29 is 9.53 Å². The van der Waals surface area contributed by atoms with E-state index in [9.17, 15) is 4.79 Å².